The Labute approximate surface area is 205 Å². The van der Waals surface area contributed by atoms with Crippen molar-refractivity contribution < 1.29 is 28.5 Å². The summed E-state index contributed by atoms with van der Waals surface area (Å²) in [6.07, 6.45) is 0.900. The highest BCUT2D eigenvalue weighted by Gasteiger charge is 2.33. The number of rotatable bonds is 14. The van der Waals surface area contributed by atoms with Gasteiger partial charge in [0.2, 0.25) is 5.91 Å². The number of carbonyl (C=O) groups excluding carboxylic acids is 1. The Morgan fingerprint density at radius 1 is 1.32 bits per heavy atom. The smallest absolute Gasteiger partial charge is 0.237 e. The monoisotopic (exact) mass is 494 g/mol. The quantitative estimate of drug-likeness (QED) is 0.407. The molecule has 2 aromatic rings. The minimum absolute atomic E-state index is 0.00872. The van der Waals surface area contributed by atoms with Crippen LogP contribution in [0.5, 0.6) is 5.75 Å². The standard InChI is InChI=1S/C25H35FN2O5S/c1-3-32-17-20(29)15-27(11-4-13-31-2)16-25(30)28-12-9-24-22(10-14-34-24)23(28)18-33-21-7-5-19(26)6-8-21/h5-8,10,14,20,23,29H,3-4,9,11-13,15-18H2,1-2H3/t20-,23-/m1/s1. The van der Waals surface area contributed by atoms with Crippen LogP contribution in [0.4, 0.5) is 4.39 Å². The maximum absolute atomic E-state index is 13.5. The molecule has 0 fully saturated rings. The fourth-order valence-electron chi connectivity index (χ4n) is 4.13. The Bertz CT molecular complexity index is 878. The predicted molar refractivity (Wildman–Crippen MR) is 130 cm³/mol. The number of ether oxygens (including phenoxy) is 3. The van der Waals surface area contributed by atoms with Crippen molar-refractivity contribution in [3.8, 4) is 5.75 Å². The Hall–Kier alpha value is -2.04. The summed E-state index contributed by atoms with van der Waals surface area (Å²) >= 11 is 1.70. The molecule has 188 valence electrons. The van der Waals surface area contributed by atoms with Crippen LogP contribution in [-0.2, 0) is 20.7 Å². The van der Waals surface area contributed by atoms with E-state index in [2.05, 4.69) is 6.07 Å². The van der Waals surface area contributed by atoms with Crippen molar-refractivity contribution in [2.45, 2.75) is 31.9 Å². The van der Waals surface area contributed by atoms with Crippen molar-refractivity contribution in [2.75, 3.05) is 59.7 Å². The van der Waals surface area contributed by atoms with E-state index in [1.165, 1.54) is 17.0 Å². The Balaban J connectivity index is 1.68. The zero-order valence-electron chi connectivity index (χ0n) is 20.0. The third kappa shape index (κ3) is 7.74. The highest BCUT2D eigenvalue weighted by Crippen LogP contribution is 2.34. The number of nitrogens with zero attached hydrogens (tertiary/aromatic N) is 2. The number of hydrogen-bond donors (Lipinski definition) is 1. The molecule has 2 heterocycles. The lowest BCUT2D eigenvalue weighted by Crippen LogP contribution is -2.48. The highest BCUT2D eigenvalue weighted by atomic mass is 32.1. The first-order chi connectivity index (χ1) is 16.5. The van der Waals surface area contributed by atoms with E-state index in [1.54, 1.807) is 30.6 Å². The van der Waals surface area contributed by atoms with Crippen molar-refractivity contribution in [1.82, 2.24) is 9.80 Å². The lowest BCUT2D eigenvalue weighted by Gasteiger charge is -2.37. The summed E-state index contributed by atoms with van der Waals surface area (Å²) in [6.45, 7) is 5.32. The van der Waals surface area contributed by atoms with E-state index in [1.807, 2.05) is 22.1 Å². The highest BCUT2D eigenvalue weighted by molar-refractivity contribution is 7.10. The van der Waals surface area contributed by atoms with E-state index in [0.29, 0.717) is 38.6 Å². The first-order valence-electron chi connectivity index (χ1n) is 11.7. The summed E-state index contributed by atoms with van der Waals surface area (Å²) in [7, 11) is 1.65. The van der Waals surface area contributed by atoms with Gasteiger partial charge in [0.15, 0.2) is 0 Å². The number of amides is 1. The van der Waals surface area contributed by atoms with Gasteiger partial charge in [-0.2, -0.15) is 0 Å². The maximum atomic E-state index is 13.5. The van der Waals surface area contributed by atoms with Crippen molar-refractivity contribution in [3.63, 3.8) is 0 Å². The van der Waals surface area contributed by atoms with Crippen LogP contribution in [0, 0.1) is 5.82 Å². The number of aliphatic hydroxyl groups is 1. The van der Waals surface area contributed by atoms with Crippen LogP contribution in [0.15, 0.2) is 35.7 Å². The first-order valence-corrected chi connectivity index (χ1v) is 12.6. The fourth-order valence-corrected chi connectivity index (χ4v) is 5.06. The van der Waals surface area contributed by atoms with Gasteiger partial charge >= 0.3 is 0 Å². The number of halogens is 1. The molecule has 7 nitrogen and oxygen atoms in total. The lowest BCUT2D eigenvalue weighted by atomic mass is 10.0. The summed E-state index contributed by atoms with van der Waals surface area (Å²) in [6, 6.07) is 7.75. The topological polar surface area (TPSA) is 71.5 Å². The molecule has 0 aliphatic carbocycles. The summed E-state index contributed by atoms with van der Waals surface area (Å²) in [5, 5.41) is 12.4. The van der Waals surface area contributed by atoms with Gasteiger partial charge in [-0.05, 0) is 61.0 Å². The number of carbonyl (C=O) groups is 1. The van der Waals surface area contributed by atoms with Crippen LogP contribution in [0.25, 0.3) is 0 Å². The third-order valence-corrected chi connectivity index (χ3v) is 6.80. The molecule has 1 amide bonds. The second kappa shape index (κ2) is 13.7. The molecule has 0 saturated heterocycles. The number of benzene rings is 1. The predicted octanol–water partition coefficient (Wildman–Crippen LogP) is 3.13. The van der Waals surface area contributed by atoms with Crippen molar-refractivity contribution in [1.29, 1.82) is 0 Å². The molecule has 3 rings (SSSR count). The molecule has 0 spiro atoms. The van der Waals surface area contributed by atoms with Crippen molar-refractivity contribution in [3.05, 3.63) is 52.0 Å². The van der Waals surface area contributed by atoms with E-state index < -0.39 is 6.10 Å². The number of methoxy groups -OCH3 is 1. The largest absolute Gasteiger partial charge is 0.491 e. The van der Waals surface area contributed by atoms with Crippen LogP contribution in [0.2, 0.25) is 0 Å². The zero-order chi connectivity index (χ0) is 24.3. The molecule has 1 aromatic heterocycles. The molecule has 0 unspecified atom stereocenters. The van der Waals surface area contributed by atoms with Gasteiger partial charge in [-0.15, -0.1) is 11.3 Å². The summed E-state index contributed by atoms with van der Waals surface area (Å²) in [4.78, 5) is 18.6. The van der Waals surface area contributed by atoms with E-state index in [0.717, 1.165) is 18.4 Å². The van der Waals surface area contributed by atoms with Crippen LogP contribution >= 0.6 is 11.3 Å². The SMILES string of the molecule is CCOC[C@H](O)CN(CCCOC)CC(=O)N1CCc2sccc2[C@H]1COc1ccc(F)cc1. The van der Waals surface area contributed by atoms with Crippen LogP contribution < -0.4 is 4.74 Å². The van der Waals surface area contributed by atoms with Crippen molar-refractivity contribution in [2.24, 2.45) is 0 Å². The molecule has 1 aliphatic heterocycles. The Morgan fingerprint density at radius 3 is 2.85 bits per heavy atom. The van der Waals surface area contributed by atoms with E-state index in [4.69, 9.17) is 14.2 Å². The number of thiophene rings is 1. The molecule has 9 heteroatoms. The number of aliphatic hydroxyl groups excluding tert-OH is 1. The molecule has 1 aromatic carbocycles. The molecule has 0 saturated carbocycles. The lowest BCUT2D eigenvalue weighted by molar-refractivity contribution is -0.136. The number of hydrogen-bond acceptors (Lipinski definition) is 7. The minimum atomic E-state index is -0.669. The average Bonchev–Trinajstić information content (AvgIpc) is 3.31. The van der Waals surface area contributed by atoms with E-state index in [-0.39, 0.29) is 37.5 Å². The molecule has 1 N–H and O–H groups in total. The average molecular weight is 495 g/mol. The van der Waals surface area contributed by atoms with E-state index in [9.17, 15) is 14.3 Å². The zero-order valence-corrected chi connectivity index (χ0v) is 20.8. The van der Waals surface area contributed by atoms with Crippen LogP contribution in [0.1, 0.15) is 29.8 Å². The second-order valence-electron chi connectivity index (χ2n) is 8.31. The normalized spacial score (nSPS) is 16.5. The molecular formula is C25H35FN2O5S. The van der Waals surface area contributed by atoms with Gasteiger partial charge < -0.3 is 24.2 Å². The van der Waals surface area contributed by atoms with Gasteiger partial charge in [0, 0.05) is 44.8 Å². The van der Waals surface area contributed by atoms with Crippen molar-refractivity contribution >= 4 is 17.2 Å². The van der Waals surface area contributed by atoms with Gasteiger partial charge in [0.25, 0.3) is 0 Å². The van der Waals surface area contributed by atoms with Crippen LogP contribution in [-0.4, -0.2) is 86.6 Å². The maximum Gasteiger partial charge on any atom is 0.237 e. The Morgan fingerprint density at radius 2 is 2.12 bits per heavy atom. The molecular weight excluding hydrogens is 459 g/mol. The molecule has 0 radical (unpaired) electrons. The van der Waals surface area contributed by atoms with Gasteiger partial charge in [-0.25, -0.2) is 4.39 Å². The molecule has 0 bridgehead atoms. The van der Waals surface area contributed by atoms with Gasteiger partial charge in [0.05, 0.1) is 25.3 Å². The van der Waals surface area contributed by atoms with Gasteiger partial charge in [-0.3, -0.25) is 9.69 Å². The Kier molecular flexibility index (Phi) is 10.7. The summed E-state index contributed by atoms with van der Waals surface area (Å²) in [5.74, 6) is 0.240. The summed E-state index contributed by atoms with van der Waals surface area (Å²) < 4.78 is 29.7. The molecule has 34 heavy (non-hydrogen) atoms. The fraction of sp³-hybridized carbons (Fsp3) is 0.560. The molecule has 1 aliphatic rings. The van der Waals surface area contributed by atoms with Crippen LogP contribution in [0.3, 0.4) is 0 Å². The third-order valence-electron chi connectivity index (χ3n) is 5.80. The molecule has 2 atom stereocenters. The van der Waals surface area contributed by atoms with Gasteiger partial charge in [-0.1, -0.05) is 0 Å². The minimum Gasteiger partial charge on any atom is -0.491 e. The second-order valence-corrected chi connectivity index (χ2v) is 9.31. The summed E-state index contributed by atoms with van der Waals surface area (Å²) in [5.41, 5.74) is 1.11. The first kappa shape index (κ1) is 26.6. The van der Waals surface area contributed by atoms with Gasteiger partial charge in [0.1, 0.15) is 18.2 Å². The van der Waals surface area contributed by atoms with E-state index >= 15 is 0 Å². The number of fused-ring (bicyclic) bond motifs is 1.